The molecule has 0 atom stereocenters. The number of nitrogens with zero attached hydrogens (tertiary/aromatic N) is 1. The second-order valence-electron chi connectivity index (χ2n) is 5.09. The van der Waals surface area contributed by atoms with Crippen molar-refractivity contribution >= 4 is 17.3 Å². The number of carbonyl (C=O) groups is 1. The molecule has 3 rings (SSSR count). The number of rotatable bonds is 3. The fourth-order valence-corrected chi connectivity index (χ4v) is 2.77. The fraction of sp³-hybridized carbons (Fsp3) is 0.188. The molecule has 1 amide bonds. The summed E-state index contributed by atoms with van der Waals surface area (Å²) in [6.07, 6.45) is 1.01. The first-order valence-corrected chi connectivity index (χ1v) is 6.66. The van der Waals surface area contributed by atoms with Crippen LogP contribution in [0.1, 0.15) is 21.5 Å². The molecule has 1 aliphatic heterocycles. The molecular weight excluding hydrogens is 250 g/mol. The zero-order valence-corrected chi connectivity index (χ0v) is 11.2. The van der Waals surface area contributed by atoms with Crippen LogP contribution < -0.4 is 16.4 Å². The van der Waals surface area contributed by atoms with Gasteiger partial charge in [-0.05, 0) is 35.7 Å². The summed E-state index contributed by atoms with van der Waals surface area (Å²) in [7, 11) is 0. The summed E-state index contributed by atoms with van der Waals surface area (Å²) < 4.78 is 0. The molecule has 0 fully saturated rings. The number of fused-ring (bicyclic) bond motifs is 1. The SMILES string of the molecule is NC(=O)c1cccc(CN2CCc3cccc(N)c32)c1. The van der Waals surface area contributed by atoms with Gasteiger partial charge < -0.3 is 16.4 Å². The van der Waals surface area contributed by atoms with Crippen molar-refractivity contribution in [1.29, 1.82) is 0 Å². The lowest BCUT2D eigenvalue weighted by Gasteiger charge is -2.21. The molecule has 0 bridgehead atoms. The van der Waals surface area contributed by atoms with E-state index in [0.29, 0.717) is 5.56 Å². The Morgan fingerprint density at radius 1 is 1.20 bits per heavy atom. The molecule has 2 aromatic carbocycles. The molecule has 0 spiro atoms. The Labute approximate surface area is 118 Å². The van der Waals surface area contributed by atoms with Crippen molar-refractivity contribution in [3.05, 3.63) is 59.2 Å². The number of anilines is 2. The molecule has 0 aromatic heterocycles. The molecule has 0 aliphatic carbocycles. The Kier molecular flexibility index (Phi) is 3.06. The average molecular weight is 267 g/mol. The van der Waals surface area contributed by atoms with Gasteiger partial charge in [-0.1, -0.05) is 24.3 Å². The third kappa shape index (κ3) is 2.20. The molecule has 2 aromatic rings. The molecule has 0 radical (unpaired) electrons. The third-order valence-corrected chi connectivity index (χ3v) is 3.70. The van der Waals surface area contributed by atoms with Gasteiger partial charge in [0.15, 0.2) is 0 Å². The van der Waals surface area contributed by atoms with Gasteiger partial charge >= 0.3 is 0 Å². The van der Waals surface area contributed by atoms with Crippen LogP contribution in [0.2, 0.25) is 0 Å². The molecular formula is C16H17N3O. The summed E-state index contributed by atoms with van der Waals surface area (Å²) in [5.41, 5.74) is 16.2. The van der Waals surface area contributed by atoms with Gasteiger partial charge in [0.05, 0.1) is 11.4 Å². The van der Waals surface area contributed by atoms with Crippen LogP contribution in [0.3, 0.4) is 0 Å². The van der Waals surface area contributed by atoms with Crippen molar-refractivity contribution in [1.82, 2.24) is 0 Å². The number of nitrogens with two attached hydrogens (primary N) is 2. The van der Waals surface area contributed by atoms with Gasteiger partial charge in [0.1, 0.15) is 0 Å². The van der Waals surface area contributed by atoms with E-state index < -0.39 is 5.91 Å². The van der Waals surface area contributed by atoms with E-state index in [1.807, 2.05) is 30.3 Å². The van der Waals surface area contributed by atoms with Crippen LogP contribution in [0.5, 0.6) is 0 Å². The van der Waals surface area contributed by atoms with Crippen LogP contribution in [0.15, 0.2) is 42.5 Å². The fourth-order valence-electron chi connectivity index (χ4n) is 2.77. The Hall–Kier alpha value is -2.49. The molecule has 4 N–H and O–H groups in total. The molecule has 1 aliphatic rings. The predicted octanol–water partition coefficient (Wildman–Crippen LogP) is 1.93. The molecule has 0 saturated heterocycles. The average Bonchev–Trinajstić information content (AvgIpc) is 2.84. The van der Waals surface area contributed by atoms with Crippen LogP contribution in [0, 0.1) is 0 Å². The summed E-state index contributed by atoms with van der Waals surface area (Å²) in [6, 6.07) is 13.5. The largest absolute Gasteiger partial charge is 0.397 e. The topological polar surface area (TPSA) is 72.4 Å². The summed E-state index contributed by atoms with van der Waals surface area (Å²) in [5.74, 6) is -0.395. The first kappa shape index (κ1) is 12.5. The van der Waals surface area contributed by atoms with Gasteiger partial charge in [-0.3, -0.25) is 4.79 Å². The lowest BCUT2D eigenvalue weighted by molar-refractivity contribution is 0.1000. The van der Waals surface area contributed by atoms with E-state index >= 15 is 0 Å². The molecule has 4 heteroatoms. The van der Waals surface area contributed by atoms with Gasteiger partial charge in [-0.25, -0.2) is 0 Å². The predicted molar refractivity (Wildman–Crippen MR) is 80.6 cm³/mol. The van der Waals surface area contributed by atoms with Gasteiger partial charge in [-0.15, -0.1) is 0 Å². The van der Waals surface area contributed by atoms with Gasteiger partial charge in [0, 0.05) is 18.7 Å². The molecule has 0 saturated carbocycles. The zero-order chi connectivity index (χ0) is 14.1. The van der Waals surface area contributed by atoms with Crippen molar-refractivity contribution in [2.75, 3.05) is 17.2 Å². The monoisotopic (exact) mass is 267 g/mol. The standard InChI is InChI=1S/C16H17N3O/c17-14-6-2-4-12-7-8-19(15(12)14)10-11-3-1-5-13(9-11)16(18)20/h1-6,9H,7-8,10,17H2,(H2,18,20). The van der Waals surface area contributed by atoms with E-state index in [1.54, 1.807) is 6.07 Å². The molecule has 1 heterocycles. The molecule has 4 nitrogen and oxygen atoms in total. The highest BCUT2D eigenvalue weighted by Gasteiger charge is 2.21. The van der Waals surface area contributed by atoms with Crippen molar-refractivity contribution in [2.24, 2.45) is 5.73 Å². The maximum atomic E-state index is 11.2. The maximum Gasteiger partial charge on any atom is 0.248 e. The first-order chi connectivity index (χ1) is 9.65. The highest BCUT2D eigenvalue weighted by atomic mass is 16.1. The number of hydrogen-bond acceptors (Lipinski definition) is 3. The highest BCUT2D eigenvalue weighted by Crippen LogP contribution is 2.34. The van der Waals surface area contributed by atoms with Crippen molar-refractivity contribution < 1.29 is 4.79 Å². The minimum absolute atomic E-state index is 0.395. The van der Waals surface area contributed by atoms with Crippen molar-refractivity contribution in [3.8, 4) is 0 Å². The minimum atomic E-state index is -0.395. The Bertz CT molecular complexity index is 667. The number of carbonyl (C=O) groups excluding carboxylic acids is 1. The summed E-state index contributed by atoms with van der Waals surface area (Å²) in [5, 5.41) is 0. The molecule has 0 unspecified atom stereocenters. The number of hydrogen-bond donors (Lipinski definition) is 2. The summed E-state index contributed by atoms with van der Waals surface area (Å²) >= 11 is 0. The second kappa shape index (κ2) is 4.89. The Morgan fingerprint density at radius 3 is 2.80 bits per heavy atom. The number of para-hydroxylation sites is 1. The van der Waals surface area contributed by atoms with Crippen LogP contribution in [-0.4, -0.2) is 12.5 Å². The highest BCUT2D eigenvalue weighted by molar-refractivity contribution is 5.92. The van der Waals surface area contributed by atoms with E-state index in [-0.39, 0.29) is 0 Å². The third-order valence-electron chi connectivity index (χ3n) is 3.70. The maximum absolute atomic E-state index is 11.2. The lowest BCUT2D eigenvalue weighted by atomic mass is 10.1. The summed E-state index contributed by atoms with van der Waals surface area (Å²) in [6.45, 7) is 1.69. The van der Waals surface area contributed by atoms with Gasteiger partial charge in [0.2, 0.25) is 5.91 Å². The number of benzene rings is 2. The van der Waals surface area contributed by atoms with E-state index in [9.17, 15) is 4.79 Å². The number of nitrogen functional groups attached to an aromatic ring is 1. The Balaban J connectivity index is 1.88. The van der Waals surface area contributed by atoms with E-state index in [0.717, 1.165) is 36.4 Å². The quantitative estimate of drug-likeness (QED) is 0.835. The van der Waals surface area contributed by atoms with Gasteiger partial charge in [-0.2, -0.15) is 0 Å². The lowest BCUT2D eigenvalue weighted by Crippen LogP contribution is -2.21. The second-order valence-corrected chi connectivity index (χ2v) is 5.09. The van der Waals surface area contributed by atoms with E-state index in [1.165, 1.54) is 5.56 Å². The van der Waals surface area contributed by atoms with Crippen molar-refractivity contribution in [3.63, 3.8) is 0 Å². The number of primary amides is 1. The molecule has 102 valence electrons. The van der Waals surface area contributed by atoms with Crippen LogP contribution in [0.25, 0.3) is 0 Å². The summed E-state index contributed by atoms with van der Waals surface area (Å²) in [4.78, 5) is 13.5. The number of amides is 1. The smallest absolute Gasteiger partial charge is 0.248 e. The van der Waals surface area contributed by atoms with Gasteiger partial charge in [0.25, 0.3) is 0 Å². The van der Waals surface area contributed by atoms with Crippen LogP contribution >= 0.6 is 0 Å². The first-order valence-electron chi connectivity index (χ1n) is 6.66. The van der Waals surface area contributed by atoms with E-state index in [4.69, 9.17) is 11.5 Å². The van der Waals surface area contributed by atoms with Crippen LogP contribution in [-0.2, 0) is 13.0 Å². The van der Waals surface area contributed by atoms with E-state index in [2.05, 4.69) is 11.0 Å². The normalized spacial score (nSPS) is 13.3. The Morgan fingerprint density at radius 2 is 2.00 bits per heavy atom. The zero-order valence-electron chi connectivity index (χ0n) is 11.2. The van der Waals surface area contributed by atoms with Crippen LogP contribution in [0.4, 0.5) is 11.4 Å². The van der Waals surface area contributed by atoms with Crippen molar-refractivity contribution in [2.45, 2.75) is 13.0 Å². The minimum Gasteiger partial charge on any atom is -0.397 e. The molecule has 20 heavy (non-hydrogen) atoms.